The molecule has 2 aromatic rings. The topological polar surface area (TPSA) is 124 Å². The summed E-state index contributed by atoms with van der Waals surface area (Å²) in [5.41, 5.74) is 0.359. The van der Waals surface area contributed by atoms with Crippen LogP contribution in [-0.2, 0) is 19.6 Å². The van der Waals surface area contributed by atoms with Crippen molar-refractivity contribution >= 4 is 33.4 Å². The highest BCUT2D eigenvalue weighted by molar-refractivity contribution is 7.99. The Bertz CT molecular complexity index is 1020. The number of rotatable bonds is 8. The number of methoxy groups -OCH3 is 1. The molecular weight excluding hydrogens is 432 g/mol. The number of carbonyl (C=O) groups excluding carboxylic acids is 1. The molecular formula is C18H22N4O6S2. The van der Waals surface area contributed by atoms with Crippen molar-refractivity contribution in [1.29, 1.82) is 0 Å². The molecule has 1 aromatic heterocycles. The predicted octanol–water partition coefficient (Wildman–Crippen LogP) is 1.71. The van der Waals surface area contributed by atoms with Gasteiger partial charge in [0.15, 0.2) is 0 Å². The maximum Gasteiger partial charge on any atom is 0.277 e. The second kappa shape index (κ2) is 8.92. The Kier molecular flexibility index (Phi) is 6.27. The van der Waals surface area contributed by atoms with Gasteiger partial charge in [-0.25, -0.2) is 8.42 Å². The van der Waals surface area contributed by atoms with Crippen LogP contribution in [0, 0.1) is 0 Å². The lowest BCUT2D eigenvalue weighted by Crippen LogP contribution is -2.40. The van der Waals surface area contributed by atoms with Gasteiger partial charge in [-0.05, 0) is 31.0 Å². The van der Waals surface area contributed by atoms with Gasteiger partial charge in [0.1, 0.15) is 10.6 Å². The third-order valence-electron chi connectivity index (χ3n) is 4.71. The average molecular weight is 455 g/mol. The molecule has 10 nitrogen and oxygen atoms in total. The summed E-state index contributed by atoms with van der Waals surface area (Å²) >= 11 is 1.14. The van der Waals surface area contributed by atoms with E-state index in [-0.39, 0.29) is 35.4 Å². The van der Waals surface area contributed by atoms with E-state index >= 15 is 0 Å². The summed E-state index contributed by atoms with van der Waals surface area (Å²) < 4.78 is 43.4. The molecule has 0 bridgehead atoms. The number of hydrogen-bond acceptors (Lipinski definition) is 9. The van der Waals surface area contributed by atoms with E-state index in [9.17, 15) is 13.2 Å². The molecule has 1 amide bonds. The number of carbonyl (C=O) groups is 1. The number of thioether (sulfide) groups is 1. The zero-order chi connectivity index (χ0) is 21.1. The van der Waals surface area contributed by atoms with Gasteiger partial charge in [0.05, 0.1) is 26.1 Å². The zero-order valence-corrected chi connectivity index (χ0v) is 18.0. The molecule has 0 radical (unpaired) electrons. The quantitative estimate of drug-likeness (QED) is 0.594. The van der Waals surface area contributed by atoms with E-state index in [4.69, 9.17) is 13.9 Å². The van der Waals surface area contributed by atoms with Crippen molar-refractivity contribution in [3.8, 4) is 5.75 Å². The van der Waals surface area contributed by atoms with E-state index in [1.807, 2.05) is 0 Å². The number of hydrogen-bond donors (Lipinski definition) is 1. The average Bonchev–Trinajstić information content (AvgIpc) is 3.50. The van der Waals surface area contributed by atoms with Crippen molar-refractivity contribution in [3.63, 3.8) is 0 Å². The largest absolute Gasteiger partial charge is 0.495 e. The lowest BCUT2D eigenvalue weighted by molar-refractivity contribution is -0.113. The molecule has 1 aliphatic heterocycles. The van der Waals surface area contributed by atoms with Crippen LogP contribution >= 0.6 is 11.8 Å². The molecule has 1 aliphatic carbocycles. The molecule has 4 rings (SSSR count). The second-order valence-electron chi connectivity index (χ2n) is 6.90. The highest BCUT2D eigenvalue weighted by Crippen LogP contribution is 2.39. The van der Waals surface area contributed by atoms with Gasteiger partial charge in [0.2, 0.25) is 21.8 Å². The van der Waals surface area contributed by atoms with Crippen LogP contribution in [0.25, 0.3) is 0 Å². The minimum atomic E-state index is -3.78. The van der Waals surface area contributed by atoms with Crippen LogP contribution in [0.4, 0.5) is 5.69 Å². The van der Waals surface area contributed by atoms with Gasteiger partial charge < -0.3 is 19.2 Å². The first-order chi connectivity index (χ1) is 14.5. The predicted molar refractivity (Wildman–Crippen MR) is 108 cm³/mol. The van der Waals surface area contributed by atoms with Crippen molar-refractivity contribution in [2.45, 2.75) is 28.9 Å². The number of amides is 1. The molecule has 0 atom stereocenters. The summed E-state index contributed by atoms with van der Waals surface area (Å²) in [5, 5.41) is 11.0. The highest BCUT2D eigenvalue weighted by Gasteiger charge is 2.30. The van der Waals surface area contributed by atoms with Crippen molar-refractivity contribution in [1.82, 2.24) is 14.5 Å². The molecule has 1 saturated heterocycles. The molecule has 162 valence electrons. The van der Waals surface area contributed by atoms with Crippen LogP contribution in [0.3, 0.4) is 0 Å². The van der Waals surface area contributed by atoms with Gasteiger partial charge in [-0.1, -0.05) is 11.8 Å². The molecule has 2 fully saturated rings. The molecule has 0 unspecified atom stereocenters. The number of anilines is 1. The first kappa shape index (κ1) is 21.1. The Balaban J connectivity index is 1.43. The van der Waals surface area contributed by atoms with Gasteiger partial charge >= 0.3 is 0 Å². The molecule has 2 aliphatic rings. The molecule has 1 aromatic carbocycles. The lowest BCUT2D eigenvalue weighted by Gasteiger charge is -2.26. The summed E-state index contributed by atoms with van der Waals surface area (Å²) in [7, 11) is -2.37. The van der Waals surface area contributed by atoms with Crippen molar-refractivity contribution in [3.05, 3.63) is 24.1 Å². The molecule has 1 saturated carbocycles. The molecule has 1 N–H and O–H groups in total. The van der Waals surface area contributed by atoms with Gasteiger partial charge in [-0.2, -0.15) is 4.31 Å². The zero-order valence-electron chi connectivity index (χ0n) is 16.4. The Labute approximate surface area is 178 Å². The normalized spacial score (nSPS) is 17.6. The summed E-state index contributed by atoms with van der Waals surface area (Å²) in [6.45, 7) is 1.22. The van der Waals surface area contributed by atoms with Crippen LogP contribution in [0.5, 0.6) is 5.75 Å². The fourth-order valence-electron chi connectivity index (χ4n) is 2.98. The van der Waals surface area contributed by atoms with Crippen molar-refractivity contribution in [2.24, 2.45) is 0 Å². The molecule has 12 heteroatoms. The van der Waals surface area contributed by atoms with E-state index in [2.05, 4.69) is 15.5 Å². The maximum absolute atomic E-state index is 13.0. The van der Waals surface area contributed by atoms with E-state index < -0.39 is 10.0 Å². The van der Waals surface area contributed by atoms with E-state index in [1.54, 1.807) is 6.07 Å². The van der Waals surface area contributed by atoms with Crippen LogP contribution in [-0.4, -0.2) is 68.0 Å². The first-order valence-electron chi connectivity index (χ1n) is 9.49. The Morgan fingerprint density at radius 1 is 1.30 bits per heavy atom. The van der Waals surface area contributed by atoms with Crippen LogP contribution in [0.15, 0.2) is 32.7 Å². The van der Waals surface area contributed by atoms with E-state index in [1.165, 1.54) is 23.5 Å². The fourth-order valence-corrected chi connectivity index (χ4v) is 5.14. The molecule has 30 heavy (non-hydrogen) atoms. The highest BCUT2D eigenvalue weighted by atomic mass is 32.2. The van der Waals surface area contributed by atoms with Gasteiger partial charge in [0, 0.05) is 24.7 Å². The maximum atomic E-state index is 13.0. The summed E-state index contributed by atoms with van der Waals surface area (Å²) in [4.78, 5) is 12.3. The van der Waals surface area contributed by atoms with Crippen molar-refractivity contribution < 1.29 is 27.1 Å². The minimum absolute atomic E-state index is 0.00308. The number of nitrogens with zero attached hydrogens (tertiary/aromatic N) is 3. The third kappa shape index (κ3) is 4.77. The van der Waals surface area contributed by atoms with Gasteiger partial charge in [0.25, 0.3) is 5.22 Å². The van der Waals surface area contributed by atoms with Gasteiger partial charge in [-0.3, -0.25) is 4.79 Å². The van der Waals surface area contributed by atoms with Gasteiger partial charge in [-0.15, -0.1) is 10.2 Å². The third-order valence-corrected chi connectivity index (χ3v) is 7.45. The standard InChI is InChI=1S/C18H22N4O6S2/c1-26-14-5-4-13(10-15(14)30(24,25)22-6-8-27-9-7-22)19-16(23)11-29-18-21-20-17(28-18)12-2-3-12/h4-5,10,12H,2-3,6-9,11H2,1H3,(H,19,23). The molecule has 2 heterocycles. The number of sulfonamides is 1. The monoisotopic (exact) mass is 454 g/mol. The van der Waals surface area contributed by atoms with E-state index in [0.717, 1.165) is 24.6 Å². The summed E-state index contributed by atoms with van der Waals surface area (Å²) in [6, 6.07) is 4.53. The first-order valence-corrected chi connectivity index (χ1v) is 11.9. The van der Waals surface area contributed by atoms with Crippen LogP contribution in [0.2, 0.25) is 0 Å². The van der Waals surface area contributed by atoms with Crippen LogP contribution in [0.1, 0.15) is 24.7 Å². The smallest absolute Gasteiger partial charge is 0.277 e. The lowest BCUT2D eigenvalue weighted by atomic mass is 10.3. The number of morpholine rings is 1. The fraction of sp³-hybridized carbons (Fsp3) is 0.500. The Hall–Kier alpha value is -2.15. The Morgan fingerprint density at radius 3 is 2.77 bits per heavy atom. The minimum Gasteiger partial charge on any atom is -0.495 e. The van der Waals surface area contributed by atoms with E-state index in [0.29, 0.717) is 35.9 Å². The number of ether oxygens (including phenoxy) is 2. The summed E-state index contributed by atoms with van der Waals surface area (Å²) in [5.74, 6) is 0.931. The van der Waals surface area contributed by atoms with Crippen molar-refractivity contribution in [2.75, 3.05) is 44.5 Å². The Morgan fingerprint density at radius 2 is 2.07 bits per heavy atom. The van der Waals surface area contributed by atoms with Crippen LogP contribution < -0.4 is 10.1 Å². The SMILES string of the molecule is COc1ccc(NC(=O)CSc2nnc(C3CC3)o2)cc1S(=O)(=O)N1CCOCC1. The number of benzene rings is 1. The number of nitrogens with one attached hydrogen (secondary N) is 1. The summed E-state index contributed by atoms with van der Waals surface area (Å²) in [6.07, 6.45) is 2.11. The molecule has 0 spiro atoms. The second-order valence-corrected chi connectivity index (χ2v) is 9.73. The number of aromatic nitrogens is 2.